The summed E-state index contributed by atoms with van der Waals surface area (Å²) in [6, 6.07) is 16.8. The molecular weight excluding hydrogens is 328 g/mol. The van der Waals surface area contributed by atoms with Crippen LogP contribution >= 0.6 is 0 Å². The molecule has 0 saturated heterocycles. The maximum Gasteiger partial charge on any atom is 0.319 e. The van der Waals surface area contributed by atoms with Crippen molar-refractivity contribution in [3.8, 4) is 0 Å². The van der Waals surface area contributed by atoms with E-state index in [0.29, 0.717) is 18.7 Å². The van der Waals surface area contributed by atoms with E-state index in [1.807, 2.05) is 48.5 Å². The number of fused-ring (bicyclic) bond motifs is 1. The number of hydrogen-bond donors (Lipinski definition) is 3. The van der Waals surface area contributed by atoms with Gasteiger partial charge < -0.3 is 16.0 Å². The van der Waals surface area contributed by atoms with E-state index in [-0.39, 0.29) is 11.9 Å². The molecule has 2 aromatic carbocycles. The highest BCUT2D eigenvalue weighted by molar-refractivity contribution is 5.96. The largest absolute Gasteiger partial charge is 0.354 e. The van der Waals surface area contributed by atoms with Crippen LogP contribution in [0.15, 0.2) is 60.8 Å². The predicted octanol–water partition coefficient (Wildman–Crippen LogP) is 2.96. The van der Waals surface area contributed by atoms with Gasteiger partial charge in [0.2, 0.25) is 0 Å². The molecule has 3 aromatic rings. The number of para-hydroxylation sites is 1. The minimum Gasteiger partial charge on any atom is -0.354 e. The van der Waals surface area contributed by atoms with Gasteiger partial charge in [-0.05, 0) is 41.6 Å². The van der Waals surface area contributed by atoms with Crippen molar-refractivity contribution in [2.45, 2.75) is 6.42 Å². The first-order valence-corrected chi connectivity index (χ1v) is 8.36. The molecule has 0 atom stereocenters. The molecule has 3 rings (SSSR count). The van der Waals surface area contributed by atoms with Crippen molar-refractivity contribution < 1.29 is 9.59 Å². The molecule has 0 aliphatic heterocycles. The van der Waals surface area contributed by atoms with Crippen molar-refractivity contribution in [3.63, 3.8) is 0 Å². The van der Waals surface area contributed by atoms with Crippen LogP contribution < -0.4 is 16.0 Å². The fourth-order valence-corrected chi connectivity index (χ4v) is 2.62. The average Bonchev–Trinajstić information content (AvgIpc) is 2.67. The minimum atomic E-state index is -0.228. The van der Waals surface area contributed by atoms with Crippen LogP contribution in [0.2, 0.25) is 0 Å². The number of benzene rings is 2. The number of carbonyl (C=O) groups excluding carboxylic acids is 2. The standard InChI is InChI=1S/C20H20N4O2/c1-21-19(25)18-12-15-8-7-14(11-16(15)13-23-18)9-10-22-20(26)24-17-5-3-2-4-6-17/h2-8,11-13H,9-10H2,1H3,(H,21,25)(H2,22,24,26). The smallest absolute Gasteiger partial charge is 0.319 e. The first-order chi connectivity index (χ1) is 12.7. The number of nitrogens with zero attached hydrogens (tertiary/aromatic N) is 1. The molecule has 6 heteroatoms. The summed E-state index contributed by atoms with van der Waals surface area (Å²) in [6.07, 6.45) is 2.40. The van der Waals surface area contributed by atoms with E-state index in [1.165, 1.54) is 0 Å². The van der Waals surface area contributed by atoms with E-state index in [2.05, 4.69) is 20.9 Å². The van der Waals surface area contributed by atoms with Gasteiger partial charge in [-0.3, -0.25) is 9.78 Å². The van der Waals surface area contributed by atoms with E-state index in [0.717, 1.165) is 22.0 Å². The molecule has 0 spiro atoms. The first-order valence-electron chi connectivity index (χ1n) is 8.36. The highest BCUT2D eigenvalue weighted by Gasteiger charge is 2.06. The third-order valence-electron chi connectivity index (χ3n) is 3.98. The molecule has 1 heterocycles. The zero-order chi connectivity index (χ0) is 18.4. The molecular formula is C20H20N4O2. The van der Waals surface area contributed by atoms with E-state index >= 15 is 0 Å². The topological polar surface area (TPSA) is 83.1 Å². The molecule has 0 saturated carbocycles. The second kappa shape index (κ2) is 8.11. The summed E-state index contributed by atoms with van der Waals surface area (Å²) in [5.74, 6) is -0.204. The number of aromatic nitrogens is 1. The normalized spacial score (nSPS) is 10.3. The molecule has 0 aliphatic carbocycles. The first kappa shape index (κ1) is 17.4. The number of rotatable bonds is 5. The summed E-state index contributed by atoms with van der Waals surface area (Å²) < 4.78 is 0. The van der Waals surface area contributed by atoms with E-state index in [4.69, 9.17) is 0 Å². The lowest BCUT2D eigenvalue weighted by molar-refractivity contribution is 0.0958. The quantitative estimate of drug-likeness (QED) is 0.663. The summed E-state index contributed by atoms with van der Waals surface area (Å²) in [6.45, 7) is 0.522. The third-order valence-corrected chi connectivity index (χ3v) is 3.98. The minimum absolute atomic E-state index is 0.204. The summed E-state index contributed by atoms with van der Waals surface area (Å²) in [4.78, 5) is 27.7. The van der Waals surface area contributed by atoms with Crippen LogP contribution in [0.5, 0.6) is 0 Å². The Balaban J connectivity index is 1.57. The van der Waals surface area contributed by atoms with Crippen LogP contribution in [-0.4, -0.2) is 30.5 Å². The number of anilines is 1. The lowest BCUT2D eigenvalue weighted by atomic mass is 10.1. The van der Waals surface area contributed by atoms with Crippen LogP contribution in [0.4, 0.5) is 10.5 Å². The van der Waals surface area contributed by atoms with Crippen LogP contribution in [0.25, 0.3) is 10.8 Å². The van der Waals surface area contributed by atoms with Crippen molar-refractivity contribution in [1.29, 1.82) is 0 Å². The summed E-state index contributed by atoms with van der Waals surface area (Å²) in [7, 11) is 1.58. The zero-order valence-electron chi connectivity index (χ0n) is 14.5. The van der Waals surface area contributed by atoms with Gasteiger partial charge in [-0.2, -0.15) is 0 Å². The van der Waals surface area contributed by atoms with Crippen LogP contribution in [0, 0.1) is 0 Å². The van der Waals surface area contributed by atoms with Gasteiger partial charge in [0.15, 0.2) is 0 Å². The van der Waals surface area contributed by atoms with Crippen LogP contribution in [0.3, 0.4) is 0 Å². The van der Waals surface area contributed by atoms with Gasteiger partial charge in [0.05, 0.1) is 0 Å². The fraction of sp³-hybridized carbons (Fsp3) is 0.150. The number of nitrogens with one attached hydrogen (secondary N) is 3. The Bertz CT molecular complexity index is 926. The van der Waals surface area contributed by atoms with Crippen LogP contribution in [0.1, 0.15) is 16.1 Å². The summed E-state index contributed by atoms with van der Waals surface area (Å²) in [5, 5.41) is 10.1. The molecule has 132 valence electrons. The van der Waals surface area contributed by atoms with E-state index < -0.39 is 0 Å². The fourth-order valence-electron chi connectivity index (χ4n) is 2.62. The number of amides is 3. The molecule has 0 bridgehead atoms. The maximum atomic E-state index is 11.9. The van der Waals surface area contributed by atoms with Gasteiger partial charge in [0.25, 0.3) is 5.91 Å². The highest BCUT2D eigenvalue weighted by Crippen LogP contribution is 2.16. The average molecular weight is 348 g/mol. The Kier molecular flexibility index (Phi) is 5.43. The van der Waals surface area contributed by atoms with Gasteiger partial charge in [-0.1, -0.05) is 30.3 Å². The maximum absolute atomic E-state index is 11.9. The molecule has 6 nitrogen and oxygen atoms in total. The Morgan fingerprint density at radius 1 is 1.00 bits per heavy atom. The molecule has 0 fully saturated rings. The van der Waals surface area contributed by atoms with E-state index in [9.17, 15) is 9.59 Å². The summed E-state index contributed by atoms with van der Waals surface area (Å²) >= 11 is 0. The number of pyridine rings is 1. The second-order valence-corrected chi connectivity index (χ2v) is 5.83. The lowest BCUT2D eigenvalue weighted by Crippen LogP contribution is -2.30. The molecule has 0 aliphatic rings. The number of hydrogen-bond acceptors (Lipinski definition) is 3. The van der Waals surface area contributed by atoms with Gasteiger partial charge in [-0.25, -0.2) is 4.79 Å². The molecule has 3 amide bonds. The molecule has 26 heavy (non-hydrogen) atoms. The second-order valence-electron chi connectivity index (χ2n) is 5.83. The van der Waals surface area contributed by atoms with Crippen molar-refractivity contribution in [2.75, 3.05) is 18.9 Å². The molecule has 1 aromatic heterocycles. The highest BCUT2D eigenvalue weighted by atomic mass is 16.2. The Morgan fingerprint density at radius 2 is 1.81 bits per heavy atom. The Labute approximate surface area is 151 Å². The lowest BCUT2D eigenvalue weighted by Gasteiger charge is -2.08. The number of urea groups is 1. The van der Waals surface area contributed by atoms with E-state index in [1.54, 1.807) is 19.3 Å². The van der Waals surface area contributed by atoms with Gasteiger partial charge in [0.1, 0.15) is 5.69 Å². The van der Waals surface area contributed by atoms with Crippen LogP contribution in [-0.2, 0) is 6.42 Å². The SMILES string of the molecule is CNC(=O)c1cc2ccc(CCNC(=O)Nc3ccccc3)cc2cn1. The van der Waals surface area contributed by atoms with Crippen molar-refractivity contribution in [1.82, 2.24) is 15.6 Å². The molecule has 3 N–H and O–H groups in total. The van der Waals surface area contributed by atoms with Gasteiger partial charge in [0, 0.05) is 30.9 Å². The number of carbonyl (C=O) groups is 2. The molecule has 0 unspecified atom stereocenters. The van der Waals surface area contributed by atoms with Crippen molar-refractivity contribution in [2.24, 2.45) is 0 Å². The van der Waals surface area contributed by atoms with Gasteiger partial charge >= 0.3 is 6.03 Å². The monoisotopic (exact) mass is 348 g/mol. The third kappa shape index (κ3) is 4.36. The summed E-state index contributed by atoms with van der Waals surface area (Å²) in [5.41, 5.74) is 2.24. The Hall–Kier alpha value is -3.41. The Morgan fingerprint density at radius 3 is 2.58 bits per heavy atom. The van der Waals surface area contributed by atoms with Gasteiger partial charge in [-0.15, -0.1) is 0 Å². The zero-order valence-corrected chi connectivity index (χ0v) is 14.5. The molecule has 0 radical (unpaired) electrons. The predicted molar refractivity (Wildman–Crippen MR) is 102 cm³/mol. The van der Waals surface area contributed by atoms with Crippen molar-refractivity contribution >= 4 is 28.4 Å². The van der Waals surface area contributed by atoms with Crippen molar-refractivity contribution in [3.05, 3.63) is 72.1 Å².